The average Bonchev–Trinajstić information content (AvgIpc) is 2.62. The summed E-state index contributed by atoms with van der Waals surface area (Å²) in [7, 11) is 0. The van der Waals surface area contributed by atoms with Gasteiger partial charge in [-0.15, -0.1) is 6.42 Å². The minimum Gasteiger partial charge on any atom is -0.493 e. The molecule has 1 amide bonds. The molecule has 1 aromatic carbocycles. The monoisotopic (exact) mass is 336 g/mol. The molecule has 0 aromatic heterocycles. The van der Waals surface area contributed by atoms with Gasteiger partial charge < -0.3 is 15.0 Å². The first-order valence-corrected chi connectivity index (χ1v) is 8.64. The third-order valence-electron chi connectivity index (χ3n) is 4.81. The van der Waals surface area contributed by atoms with Crippen LogP contribution in [0.1, 0.15) is 38.2 Å². The number of carbonyl (C=O) groups excluding carboxylic acids is 1. The highest BCUT2D eigenvalue weighted by molar-refractivity contribution is 5.79. The van der Waals surface area contributed by atoms with Gasteiger partial charge in [0.1, 0.15) is 5.75 Å². The Kier molecular flexibility index (Phi) is 4.85. The van der Waals surface area contributed by atoms with Crippen LogP contribution < -0.4 is 10.1 Å². The molecule has 2 heterocycles. The molecule has 1 aromatic rings. The molecule has 0 fully saturated rings. The summed E-state index contributed by atoms with van der Waals surface area (Å²) in [4.78, 5) is 14.5. The number of hydrogen-bond acceptors (Lipinski definition) is 3. The van der Waals surface area contributed by atoms with Crippen LogP contribution in [0, 0.1) is 12.3 Å². The molecule has 130 valence electrons. The van der Waals surface area contributed by atoms with Gasteiger partial charge in [-0.05, 0) is 50.0 Å². The summed E-state index contributed by atoms with van der Waals surface area (Å²) < 4.78 is 5.66. The second-order valence-corrected chi connectivity index (χ2v) is 6.96. The molecule has 0 bridgehead atoms. The molecule has 0 saturated heterocycles. The Bertz CT molecular complexity index is 755. The van der Waals surface area contributed by atoms with Gasteiger partial charge in [-0.1, -0.05) is 24.1 Å². The molecule has 25 heavy (non-hydrogen) atoms. The summed E-state index contributed by atoms with van der Waals surface area (Å²) in [6.07, 6.45) is 12.7. The Morgan fingerprint density at radius 1 is 1.44 bits per heavy atom. The molecule has 0 saturated carbocycles. The fraction of sp³-hybridized carbons (Fsp3) is 0.381. The van der Waals surface area contributed by atoms with Crippen LogP contribution in [0.2, 0.25) is 0 Å². The van der Waals surface area contributed by atoms with Gasteiger partial charge in [0.2, 0.25) is 5.91 Å². The lowest BCUT2D eigenvalue weighted by Gasteiger charge is -2.34. The van der Waals surface area contributed by atoms with Gasteiger partial charge in [0.15, 0.2) is 0 Å². The normalized spacial score (nSPS) is 19.3. The smallest absolute Gasteiger partial charge is 0.224 e. The van der Waals surface area contributed by atoms with E-state index in [1.54, 1.807) is 0 Å². The molecular weight excluding hydrogens is 312 g/mol. The molecule has 1 atom stereocenters. The van der Waals surface area contributed by atoms with E-state index in [0.29, 0.717) is 19.6 Å². The molecule has 0 radical (unpaired) electrons. The first-order chi connectivity index (χ1) is 12.0. The first-order valence-electron chi connectivity index (χ1n) is 8.64. The molecule has 4 heteroatoms. The number of hydrogen-bond donors (Lipinski definition) is 1. The number of amides is 1. The fourth-order valence-corrected chi connectivity index (χ4v) is 3.15. The van der Waals surface area contributed by atoms with E-state index in [1.807, 2.05) is 56.5 Å². The summed E-state index contributed by atoms with van der Waals surface area (Å²) in [6.45, 7) is 5.34. The molecule has 4 nitrogen and oxygen atoms in total. The Hall–Kier alpha value is -2.67. The second-order valence-electron chi connectivity index (χ2n) is 6.96. The van der Waals surface area contributed by atoms with Crippen molar-refractivity contribution < 1.29 is 9.53 Å². The summed E-state index contributed by atoms with van der Waals surface area (Å²) in [5.41, 5.74) is 1.61. The third-order valence-corrected chi connectivity index (χ3v) is 4.81. The molecule has 1 unspecified atom stereocenters. The van der Waals surface area contributed by atoms with Crippen LogP contribution in [-0.2, 0) is 4.79 Å². The topological polar surface area (TPSA) is 41.6 Å². The molecule has 3 rings (SSSR count). The van der Waals surface area contributed by atoms with Gasteiger partial charge in [0.05, 0.1) is 12.1 Å². The van der Waals surface area contributed by atoms with Crippen LogP contribution in [0.25, 0.3) is 0 Å². The summed E-state index contributed by atoms with van der Waals surface area (Å²) in [5.74, 6) is 3.91. The van der Waals surface area contributed by atoms with Crippen molar-refractivity contribution >= 4 is 5.91 Å². The van der Waals surface area contributed by atoms with Gasteiger partial charge in [-0.3, -0.25) is 4.79 Å². The Morgan fingerprint density at radius 2 is 2.24 bits per heavy atom. The van der Waals surface area contributed by atoms with Crippen LogP contribution in [0.15, 0.2) is 48.3 Å². The quantitative estimate of drug-likeness (QED) is 0.859. The van der Waals surface area contributed by atoms with Crippen molar-refractivity contribution in [3.8, 4) is 18.1 Å². The van der Waals surface area contributed by atoms with Gasteiger partial charge in [0, 0.05) is 24.9 Å². The van der Waals surface area contributed by atoms with Crippen LogP contribution in [0.4, 0.5) is 0 Å². The van der Waals surface area contributed by atoms with Crippen molar-refractivity contribution in [2.24, 2.45) is 0 Å². The number of carbonyl (C=O) groups is 1. The predicted octanol–water partition coefficient (Wildman–Crippen LogP) is 3.18. The van der Waals surface area contributed by atoms with E-state index in [1.165, 1.54) is 0 Å². The van der Waals surface area contributed by atoms with Gasteiger partial charge in [-0.2, -0.15) is 0 Å². The molecule has 0 spiro atoms. The zero-order chi connectivity index (χ0) is 17.9. The van der Waals surface area contributed by atoms with E-state index in [0.717, 1.165) is 23.4 Å². The minimum absolute atomic E-state index is 0.0299. The second kappa shape index (κ2) is 7.06. The van der Waals surface area contributed by atoms with Crippen LogP contribution >= 0.6 is 0 Å². The van der Waals surface area contributed by atoms with E-state index in [-0.39, 0.29) is 17.4 Å². The number of rotatable bonds is 4. The van der Waals surface area contributed by atoms with Gasteiger partial charge in [-0.25, -0.2) is 0 Å². The Labute approximate surface area is 149 Å². The highest BCUT2D eigenvalue weighted by atomic mass is 16.5. The minimum atomic E-state index is -0.339. The largest absolute Gasteiger partial charge is 0.493 e. The number of fused-ring (bicyclic) bond motifs is 1. The number of terminal acetylenes is 1. The van der Waals surface area contributed by atoms with Crippen molar-refractivity contribution in [1.29, 1.82) is 0 Å². The van der Waals surface area contributed by atoms with Crippen molar-refractivity contribution in [2.75, 3.05) is 13.2 Å². The van der Waals surface area contributed by atoms with Crippen LogP contribution in [-0.4, -0.2) is 29.5 Å². The molecule has 0 aliphatic carbocycles. The zero-order valence-electron chi connectivity index (χ0n) is 14.8. The lowest BCUT2D eigenvalue weighted by atomic mass is 9.90. The molecule has 2 aliphatic rings. The predicted molar refractivity (Wildman–Crippen MR) is 98.9 cm³/mol. The summed E-state index contributed by atoms with van der Waals surface area (Å²) in [6, 6.07) is 7.97. The standard InChI is InChI=1S/C21H24N2O2/c1-4-21(2,3)23-12-9-17(10-13-23)22-20(24)15-16-11-14-25-19-8-6-5-7-18(16)19/h1,5-10,12,16H,11,13-15H2,2-3H3,(H,22,24). The SMILES string of the molecule is C#CC(C)(C)N1C=CC(NC(=O)CC2CCOc3ccccc32)=CC1. The number of nitrogens with zero attached hydrogens (tertiary/aromatic N) is 1. The molecule has 2 aliphatic heterocycles. The van der Waals surface area contributed by atoms with Crippen molar-refractivity contribution in [3.05, 3.63) is 53.9 Å². The highest BCUT2D eigenvalue weighted by Gasteiger charge is 2.25. The number of para-hydroxylation sites is 1. The Balaban J connectivity index is 1.58. The molecule has 1 N–H and O–H groups in total. The lowest BCUT2D eigenvalue weighted by Crippen LogP contribution is -2.40. The lowest BCUT2D eigenvalue weighted by molar-refractivity contribution is -0.120. The Morgan fingerprint density at radius 3 is 2.96 bits per heavy atom. The molecular formula is C21H24N2O2. The van der Waals surface area contributed by atoms with E-state index >= 15 is 0 Å². The third kappa shape index (κ3) is 3.88. The van der Waals surface area contributed by atoms with Gasteiger partial charge >= 0.3 is 0 Å². The average molecular weight is 336 g/mol. The fourth-order valence-electron chi connectivity index (χ4n) is 3.15. The number of ether oxygens (including phenoxy) is 1. The van der Waals surface area contributed by atoms with E-state index < -0.39 is 0 Å². The summed E-state index contributed by atoms with van der Waals surface area (Å²) in [5, 5.41) is 3.00. The maximum absolute atomic E-state index is 12.5. The van der Waals surface area contributed by atoms with E-state index in [4.69, 9.17) is 11.2 Å². The van der Waals surface area contributed by atoms with Crippen LogP contribution in [0.5, 0.6) is 5.75 Å². The van der Waals surface area contributed by atoms with E-state index in [2.05, 4.69) is 16.1 Å². The highest BCUT2D eigenvalue weighted by Crippen LogP contribution is 2.35. The zero-order valence-corrected chi connectivity index (χ0v) is 14.8. The summed E-state index contributed by atoms with van der Waals surface area (Å²) >= 11 is 0. The number of benzene rings is 1. The number of nitrogens with one attached hydrogen (secondary N) is 1. The number of allylic oxidation sites excluding steroid dienone is 1. The van der Waals surface area contributed by atoms with Crippen molar-refractivity contribution in [2.45, 2.75) is 38.1 Å². The van der Waals surface area contributed by atoms with Crippen molar-refractivity contribution in [1.82, 2.24) is 10.2 Å². The maximum Gasteiger partial charge on any atom is 0.224 e. The van der Waals surface area contributed by atoms with Crippen molar-refractivity contribution in [3.63, 3.8) is 0 Å². The maximum atomic E-state index is 12.5. The van der Waals surface area contributed by atoms with E-state index in [9.17, 15) is 4.79 Å². The first kappa shape index (κ1) is 17.2. The van der Waals surface area contributed by atoms with Crippen LogP contribution in [0.3, 0.4) is 0 Å². The van der Waals surface area contributed by atoms with Gasteiger partial charge in [0.25, 0.3) is 0 Å².